The Kier molecular flexibility index (Phi) is 4.59. The predicted molar refractivity (Wildman–Crippen MR) is 62.1 cm³/mol. The lowest BCUT2D eigenvalue weighted by Crippen LogP contribution is -2.22. The topological polar surface area (TPSA) is 60.2 Å². The number of hydrogen-bond acceptors (Lipinski definition) is 3. The van der Waals surface area contributed by atoms with Crippen molar-refractivity contribution in [1.29, 1.82) is 0 Å². The SMILES string of the molecule is CC(CN)CS(=O)(=O)Cc1c(F)cccc1F. The number of nitrogens with two attached hydrogens (primary N) is 1. The Morgan fingerprint density at radius 3 is 2.29 bits per heavy atom. The van der Waals surface area contributed by atoms with Gasteiger partial charge in [0.05, 0.1) is 11.5 Å². The van der Waals surface area contributed by atoms with Crippen molar-refractivity contribution in [3.05, 3.63) is 35.4 Å². The van der Waals surface area contributed by atoms with Gasteiger partial charge in [0.2, 0.25) is 0 Å². The summed E-state index contributed by atoms with van der Waals surface area (Å²) in [5.74, 6) is -2.70. The summed E-state index contributed by atoms with van der Waals surface area (Å²) >= 11 is 0. The summed E-state index contributed by atoms with van der Waals surface area (Å²) in [6.45, 7) is 1.90. The molecule has 1 aromatic rings. The summed E-state index contributed by atoms with van der Waals surface area (Å²) in [6, 6.07) is 3.28. The van der Waals surface area contributed by atoms with Crippen molar-refractivity contribution in [3.63, 3.8) is 0 Å². The van der Waals surface area contributed by atoms with Crippen LogP contribution in [-0.4, -0.2) is 20.7 Å². The van der Waals surface area contributed by atoms with Crippen LogP contribution < -0.4 is 5.73 Å². The van der Waals surface area contributed by atoms with Crippen LogP contribution >= 0.6 is 0 Å². The molecule has 0 radical (unpaired) electrons. The van der Waals surface area contributed by atoms with E-state index in [1.807, 2.05) is 0 Å². The molecule has 2 N–H and O–H groups in total. The second kappa shape index (κ2) is 5.55. The third kappa shape index (κ3) is 4.05. The van der Waals surface area contributed by atoms with E-state index in [4.69, 9.17) is 5.73 Å². The molecule has 0 amide bonds. The van der Waals surface area contributed by atoms with Gasteiger partial charge in [-0.2, -0.15) is 0 Å². The van der Waals surface area contributed by atoms with Gasteiger partial charge in [-0.05, 0) is 24.6 Å². The smallest absolute Gasteiger partial charge is 0.154 e. The molecule has 0 aromatic heterocycles. The molecule has 0 bridgehead atoms. The van der Waals surface area contributed by atoms with Gasteiger partial charge < -0.3 is 5.73 Å². The molecular formula is C11H15F2NO2S. The summed E-state index contributed by atoms with van der Waals surface area (Å²) in [5, 5.41) is 0. The lowest BCUT2D eigenvalue weighted by atomic mass is 10.2. The highest BCUT2D eigenvalue weighted by Crippen LogP contribution is 2.16. The van der Waals surface area contributed by atoms with Crippen molar-refractivity contribution < 1.29 is 17.2 Å². The van der Waals surface area contributed by atoms with Crippen LogP contribution in [0, 0.1) is 17.6 Å². The van der Waals surface area contributed by atoms with E-state index < -0.39 is 32.8 Å². The molecule has 0 saturated heterocycles. The Labute approximate surface area is 99.6 Å². The number of benzene rings is 1. The lowest BCUT2D eigenvalue weighted by Gasteiger charge is -2.10. The van der Waals surface area contributed by atoms with Crippen LogP contribution in [0.4, 0.5) is 8.78 Å². The second-order valence-electron chi connectivity index (χ2n) is 4.10. The molecule has 0 aliphatic carbocycles. The van der Waals surface area contributed by atoms with Crippen molar-refractivity contribution in [2.75, 3.05) is 12.3 Å². The van der Waals surface area contributed by atoms with Crippen molar-refractivity contribution in [2.45, 2.75) is 12.7 Å². The number of hydrogen-bond donors (Lipinski definition) is 1. The number of halogens is 2. The van der Waals surface area contributed by atoms with E-state index in [-0.39, 0.29) is 18.2 Å². The van der Waals surface area contributed by atoms with Crippen molar-refractivity contribution in [3.8, 4) is 0 Å². The van der Waals surface area contributed by atoms with E-state index >= 15 is 0 Å². The quantitative estimate of drug-likeness (QED) is 0.875. The number of rotatable bonds is 5. The third-order valence-corrected chi connectivity index (χ3v) is 4.17. The fourth-order valence-corrected chi connectivity index (χ4v) is 3.29. The van der Waals surface area contributed by atoms with Crippen LogP contribution in [0.5, 0.6) is 0 Å². The average molecular weight is 263 g/mol. The van der Waals surface area contributed by atoms with Gasteiger partial charge in [0.15, 0.2) is 9.84 Å². The van der Waals surface area contributed by atoms with Gasteiger partial charge in [-0.25, -0.2) is 17.2 Å². The molecule has 0 fully saturated rings. The molecule has 6 heteroatoms. The molecule has 0 saturated carbocycles. The van der Waals surface area contributed by atoms with E-state index in [1.165, 1.54) is 6.07 Å². The summed E-state index contributed by atoms with van der Waals surface area (Å²) in [7, 11) is -3.55. The Morgan fingerprint density at radius 1 is 1.29 bits per heavy atom. The molecule has 0 aliphatic heterocycles. The van der Waals surface area contributed by atoms with Gasteiger partial charge in [-0.15, -0.1) is 0 Å². The second-order valence-corrected chi connectivity index (χ2v) is 6.20. The zero-order valence-electron chi connectivity index (χ0n) is 9.49. The van der Waals surface area contributed by atoms with E-state index in [9.17, 15) is 17.2 Å². The fraction of sp³-hybridized carbons (Fsp3) is 0.455. The number of sulfone groups is 1. The zero-order valence-corrected chi connectivity index (χ0v) is 10.3. The highest BCUT2D eigenvalue weighted by atomic mass is 32.2. The maximum Gasteiger partial charge on any atom is 0.154 e. The first-order valence-corrected chi connectivity index (χ1v) is 7.01. The average Bonchev–Trinajstić information content (AvgIpc) is 2.23. The van der Waals surface area contributed by atoms with Crippen molar-refractivity contribution in [1.82, 2.24) is 0 Å². The van der Waals surface area contributed by atoms with E-state index in [2.05, 4.69) is 0 Å². The highest BCUT2D eigenvalue weighted by Gasteiger charge is 2.20. The van der Waals surface area contributed by atoms with Crippen LogP contribution in [-0.2, 0) is 15.6 Å². The maximum atomic E-state index is 13.3. The van der Waals surface area contributed by atoms with E-state index in [0.29, 0.717) is 0 Å². The first-order valence-electron chi connectivity index (χ1n) is 5.19. The maximum absolute atomic E-state index is 13.3. The Morgan fingerprint density at radius 2 is 1.82 bits per heavy atom. The van der Waals surface area contributed by atoms with Crippen molar-refractivity contribution >= 4 is 9.84 Å². The summed E-state index contributed by atoms with van der Waals surface area (Å²) < 4.78 is 49.9. The molecule has 3 nitrogen and oxygen atoms in total. The van der Waals surface area contributed by atoms with Crippen LogP contribution in [0.3, 0.4) is 0 Å². The molecule has 1 rings (SSSR count). The summed E-state index contributed by atoms with van der Waals surface area (Å²) in [4.78, 5) is 0. The third-order valence-electron chi connectivity index (χ3n) is 2.37. The Balaban J connectivity index is 2.91. The standard InChI is InChI=1S/C11H15F2NO2S/c1-8(5-14)6-17(15,16)7-9-10(12)3-2-4-11(9)13/h2-4,8H,5-7,14H2,1H3. The molecule has 1 aromatic carbocycles. The molecule has 0 spiro atoms. The van der Waals surface area contributed by atoms with Crippen LogP contribution in [0.25, 0.3) is 0 Å². The summed E-state index contributed by atoms with van der Waals surface area (Å²) in [6.07, 6.45) is 0. The van der Waals surface area contributed by atoms with E-state index in [0.717, 1.165) is 12.1 Å². The first kappa shape index (κ1) is 14.1. The highest BCUT2D eigenvalue weighted by molar-refractivity contribution is 7.90. The molecule has 96 valence electrons. The van der Waals surface area contributed by atoms with Crippen LogP contribution in [0.15, 0.2) is 18.2 Å². The normalized spacial score (nSPS) is 13.6. The Hall–Kier alpha value is -1.01. The van der Waals surface area contributed by atoms with Crippen molar-refractivity contribution in [2.24, 2.45) is 11.7 Å². The van der Waals surface area contributed by atoms with Crippen LogP contribution in [0.2, 0.25) is 0 Å². The molecule has 17 heavy (non-hydrogen) atoms. The first-order chi connectivity index (χ1) is 7.85. The minimum Gasteiger partial charge on any atom is -0.330 e. The molecule has 0 heterocycles. The van der Waals surface area contributed by atoms with Gasteiger partial charge in [-0.3, -0.25) is 0 Å². The van der Waals surface area contributed by atoms with Crippen LogP contribution in [0.1, 0.15) is 12.5 Å². The van der Waals surface area contributed by atoms with E-state index in [1.54, 1.807) is 6.92 Å². The predicted octanol–water partition coefficient (Wildman–Crippen LogP) is 1.47. The minimum atomic E-state index is -3.55. The monoisotopic (exact) mass is 263 g/mol. The van der Waals surface area contributed by atoms with Gasteiger partial charge >= 0.3 is 0 Å². The lowest BCUT2D eigenvalue weighted by molar-refractivity contribution is 0.549. The molecular weight excluding hydrogens is 248 g/mol. The minimum absolute atomic E-state index is 0.169. The van der Waals surface area contributed by atoms with Gasteiger partial charge in [-0.1, -0.05) is 13.0 Å². The molecule has 1 unspecified atom stereocenters. The fourth-order valence-electron chi connectivity index (χ4n) is 1.45. The zero-order chi connectivity index (χ0) is 13.1. The largest absolute Gasteiger partial charge is 0.330 e. The molecule has 0 aliphatic rings. The van der Waals surface area contributed by atoms with Gasteiger partial charge in [0, 0.05) is 5.56 Å². The Bertz CT molecular complexity index is 468. The molecule has 1 atom stereocenters. The van der Waals surface area contributed by atoms with Gasteiger partial charge in [0.1, 0.15) is 11.6 Å². The summed E-state index contributed by atoms with van der Waals surface area (Å²) in [5.41, 5.74) is 4.91. The van der Waals surface area contributed by atoms with Gasteiger partial charge in [0.25, 0.3) is 0 Å².